The zero-order valence-corrected chi connectivity index (χ0v) is 8.51. The molecule has 4 heteroatoms. The summed E-state index contributed by atoms with van der Waals surface area (Å²) in [7, 11) is 0. The number of pyridine rings is 1. The molecule has 72 valence electrons. The lowest BCUT2D eigenvalue weighted by molar-refractivity contribution is 0.218. The molecule has 0 saturated heterocycles. The molecule has 1 heterocycles. The standard InChI is InChI=1S/C9H13ClN2O/c1-3-6(2)13-7-4-5-12-9(10)8(7)11/h4-6H,3,11H2,1-2H3. The Hall–Kier alpha value is -0.960. The Bertz CT molecular complexity index is 291. The van der Waals surface area contributed by atoms with E-state index in [1.165, 1.54) is 0 Å². The number of nitrogens with zero attached hydrogens (tertiary/aromatic N) is 1. The minimum absolute atomic E-state index is 0.140. The van der Waals surface area contributed by atoms with Crippen LogP contribution in [0.1, 0.15) is 20.3 Å². The van der Waals surface area contributed by atoms with Crippen molar-refractivity contribution in [1.29, 1.82) is 0 Å². The van der Waals surface area contributed by atoms with Crippen LogP contribution in [-0.4, -0.2) is 11.1 Å². The monoisotopic (exact) mass is 200 g/mol. The van der Waals surface area contributed by atoms with E-state index in [1.54, 1.807) is 12.3 Å². The van der Waals surface area contributed by atoms with E-state index in [0.29, 0.717) is 16.6 Å². The molecule has 13 heavy (non-hydrogen) atoms. The maximum atomic E-state index is 5.72. The molecule has 0 fully saturated rings. The molecule has 0 aliphatic heterocycles. The molecule has 0 aliphatic carbocycles. The molecule has 0 aliphatic rings. The van der Waals surface area contributed by atoms with Crippen LogP contribution in [0.15, 0.2) is 12.3 Å². The van der Waals surface area contributed by atoms with E-state index in [-0.39, 0.29) is 6.10 Å². The van der Waals surface area contributed by atoms with Crippen molar-refractivity contribution in [3.8, 4) is 5.75 Å². The molecule has 1 aromatic rings. The first-order valence-electron chi connectivity index (χ1n) is 4.21. The third-order valence-electron chi connectivity index (χ3n) is 1.80. The fraction of sp³-hybridized carbons (Fsp3) is 0.444. The highest BCUT2D eigenvalue weighted by molar-refractivity contribution is 6.32. The smallest absolute Gasteiger partial charge is 0.155 e. The first-order chi connectivity index (χ1) is 6.15. The van der Waals surface area contributed by atoms with Crippen molar-refractivity contribution in [3.05, 3.63) is 17.4 Å². The maximum Gasteiger partial charge on any atom is 0.155 e. The number of aromatic nitrogens is 1. The van der Waals surface area contributed by atoms with Crippen LogP contribution in [-0.2, 0) is 0 Å². The largest absolute Gasteiger partial charge is 0.488 e. The van der Waals surface area contributed by atoms with Crippen LogP contribution in [0.25, 0.3) is 0 Å². The number of hydrogen-bond acceptors (Lipinski definition) is 3. The number of rotatable bonds is 3. The highest BCUT2D eigenvalue weighted by Crippen LogP contribution is 2.27. The summed E-state index contributed by atoms with van der Waals surface area (Å²) in [6.07, 6.45) is 2.65. The molecule has 3 nitrogen and oxygen atoms in total. The van der Waals surface area contributed by atoms with Crippen molar-refractivity contribution in [2.24, 2.45) is 0 Å². The Morgan fingerprint density at radius 1 is 1.69 bits per heavy atom. The van der Waals surface area contributed by atoms with Crippen LogP contribution in [0.4, 0.5) is 5.69 Å². The second-order valence-electron chi connectivity index (χ2n) is 2.85. The van der Waals surface area contributed by atoms with Crippen molar-refractivity contribution in [2.45, 2.75) is 26.4 Å². The second-order valence-corrected chi connectivity index (χ2v) is 3.21. The van der Waals surface area contributed by atoms with E-state index in [1.807, 2.05) is 13.8 Å². The summed E-state index contributed by atoms with van der Waals surface area (Å²) in [6, 6.07) is 1.72. The minimum atomic E-state index is 0.140. The van der Waals surface area contributed by atoms with Gasteiger partial charge in [0.15, 0.2) is 5.15 Å². The van der Waals surface area contributed by atoms with Gasteiger partial charge >= 0.3 is 0 Å². The number of ether oxygens (including phenoxy) is 1. The van der Waals surface area contributed by atoms with E-state index < -0.39 is 0 Å². The summed E-state index contributed by atoms with van der Waals surface area (Å²) in [5, 5.41) is 0.292. The number of anilines is 1. The first kappa shape index (κ1) is 10.1. The third kappa shape index (κ3) is 2.49. The van der Waals surface area contributed by atoms with Crippen molar-refractivity contribution >= 4 is 17.3 Å². The lowest BCUT2D eigenvalue weighted by Crippen LogP contribution is -2.11. The van der Waals surface area contributed by atoms with Gasteiger partial charge in [-0.15, -0.1) is 0 Å². The summed E-state index contributed by atoms with van der Waals surface area (Å²) in [6.45, 7) is 4.03. The lowest BCUT2D eigenvalue weighted by Gasteiger charge is -2.14. The molecule has 1 atom stereocenters. The Balaban J connectivity index is 2.83. The quantitative estimate of drug-likeness (QED) is 0.763. The highest BCUT2D eigenvalue weighted by atomic mass is 35.5. The normalized spacial score (nSPS) is 12.5. The second kappa shape index (κ2) is 4.33. The van der Waals surface area contributed by atoms with Crippen LogP contribution < -0.4 is 10.5 Å². The zero-order chi connectivity index (χ0) is 9.84. The van der Waals surface area contributed by atoms with E-state index >= 15 is 0 Å². The van der Waals surface area contributed by atoms with Gasteiger partial charge in [-0.25, -0.2) is 4.98 Å². The lowest BCUT2D eigenvalue weighted by atomic mass is 10.3. The van der Waals surface area contributed by atoms with Crippen LogP contribution >= 0.6 is 11.6 Å². The highest BCUT2D eigenvalue weighted by Gasteiger charge is 2.07. The number of nitrogen functional groups attached to an aromatic ring is 1. The van der Waals surface area contributed by atoms with Crippen molar-refractivity contribution in [3.63, 3.8) is 0 Å². The van der Waals surface area contributed by atoms with Gasteiger partial charge in [0.1, 0.15) is 11.4 Å². The first-order valence-corrected chi connectivity index (χ1v) is 4.59. The topological polar surface area (TPSA) is 48.1 Å². The molecule has 0 aromatic carbocycles. The van der Waals surface area contributed by atoms with Crippen LogP contribution in [0.3, 0.4) is 0 Å². The van der Waals surface area contributed by atoms with Gasteiger partial charge in [0.25, 0.3) is 0 Å². The van der Waals surface area contributed by atoms with E-state index in [2.05, 4.69) is 4.98 Å². The SMILES string of the molecule is CCC(C)Oc1ccnc(Cl)c1N. The molecule has 0 bridgehead atoms. The molecule has 0 saturated carbocycles. The molecule has 1 unspecified atom stereocenters. The predicted octanol–water partition coefficient (Wildman–Crippen LogP) is 2.49. The van der Waals surface area contributed by atoms with Gasteiger partial charge in [0.05, 0.1) is 6.10 Å². The fourth-order valence-corrected chi connectivity index (χ4v) is 0.984. The molecule has 2 N–H and O–H groups in total. The third-order valence-corrected chi connectivity index (χ3v) is 2.11. The Labute approximate surface area is 82.9 Å². The molecule has 0 spiro atoms. The number of halogens is 1. The van der Waals surface area contributed by atoms with Gasteiger partial charge in [0.2, 0.25) is 0 Å². The molecule has 0 radical (unpaired) electrons. The fourth-order valence-electron chi connectivity index (χ4n) is 0.834. The van der Waals surface area contributed by atoms with Gasteiger partial charge in [-0.05, 0) is 13.3 Å². The van der Waals surface area contributed by atoms with E-state index in [4.69, 9.17) is 22.1 Å². The molecule has 1 aromatic heterocycles. The Kier molecular flexibility index (Phi) is 3.37. The molecular formula is C9H13ClN2O. The summed E-state index contributed by atoms with van der Waals surface area (Å²) in [5.41, 5.74) is 6.07. The summed E-state index contributed by atoms with van der Waals surface area (Å²) in [4.78, 5) is 3.83. The Morgan fingerprint density at radius 2 is 2.38 bits per heavy atom. The molecular weight excluding hydrogens is 188 g/mol. The summed E-state index contributed by atoms with van der Waals surface area (Å²) < 4.78 is 5.53. The average Bonchev–Trinajstić information content (AvgIpc) is 2.13. The van der Waals surface area contributed by atoms with E-state index in [9.17, 15) is 0 Å². The van der Waals surface area contributed by atoms with Crippen molar-refractivity contribution < 1.29 is 4.74 Å². The Morgan fingerprint density at radius 3 is 3.00 bits per heavy atom. The summed E-state index contributed by atoms with van der Waals surface area (Å²) in [5.74, 6) is 0.606. The van der Waals surface area contributed by atoms with Gasteiger partial charge in [-0.3, -0.25) is 0 Å². The minimum Gasteiger partial charge on any atom is -0.488 e. The average molecular weight is 201 g/mol. The van der Waals surface area contributed by atoms with Gasteiger partial charge in [-0.1, -0.05) is 18.5 Å². The van der Waals surface area contributed by atoms with Gasteiger partial charge < -0.3 is 10.5 Å². The van der Waals surface area contributed by atoms with Crippen LogP contribution in [0.5, 0.6) is 5.75 Å². The summed E-state index contributed by atoms with van der Waals surface area (Å²) >= 11 is 5.72. The van der Waals surface area contributed by atoms with Crippen LogP contribution in [0, 0.1) is 0 Å². The van der Waals surface area contributed by atoms with Crippen LogP contribution in [0.2, 0.25) is 5.15 Å². The van der Waals surface area contributed by atoms with Crippen molar-refractivity contribution in [1.82, 2.24) is 4.98 Å². The van der Waals surface area contributed by atoms with E-state index in [0.717, 1.165) is 6.42 Å². The molecule has 0 amide bonds. The zero-order valence-electron chi connectivity index (χ0n) is 7.75. The van der Waals surface area contributed by atoms with Gasteiger partial charge in [0, 0.05) is 12.3 Å². The van der Waals surface area contributed by atoms with Crippen molar-refractivity contribution in [2.75, 3.05) is 5.73 Å². The maximum absolute atomic E-state index is 5.72. The number of nitrogens with two attached hydrogens (primary N) is 1. The number of hydrogen-bond donors (Lipinski definition) is 1. The predicted molar refractivity (Wildman–Crippen MR) is 54.0 cm³/mol. The van der Waals surface area contributed by atoms with Gasteiger partial charge in [-0.2, -0.15) is 0 Å². The molecule has 1 rings (SSSR count).